The van der Waals surface area contributed by atoms with Gasteiger partial charge in [0.15, 0.2) is 0 Å². The number of rotatable bonds is 3. The van der Waals surface area contributed by atoms with Crippen LogP contribution in [-0.2, 0) is 0 Å². The number of hydrogen-bond acceptors (Lipinski definition) is 3. The van der Waals surface area contributed by atoms with Crippen LogP contribution in [0, 0.1) is 6.92 Å². The van der Waals surface area contributed by atoms with E-state index in [9.17, 15) is 0 Å². The molecule has 1 aromatic heterocycles. The molecule has 88 valence electrons. The fourth-order valence-corrected chi connectivity index (χ4v) is 1.80. The number of pyridine rings is 1. The molecule has 0 aliphatic rings. The number of aromatic nitrogens is 1. The number of nitrogens with two attached hydrogens (primary N) is 1. The van der Waals surface area contributed by atoms with Crippen LogP contribution in [0.5, 0.6) is 5.75 Å². The second-order valence-corrected chi connectivity index (χ2v) is 3.90. The highest BCUT2D eigenvalue weighted by molar-refractivity contribution is 5.66. The molecule has 2 aromatic rings. The summed E-state index contributed by atoms with van der Waals surface area (Å²) in [4.78, 5) is 4.37. The van der Waals surface area contributed by atoms with Crippen molar-refractivity contribution in [2.75, 3.05) is 12.3 Å². The van der Waals surface area contributed by atoms with Crippen molar-refractivity contribution < 1.29 is 4.74 Å². The van der Waals surface area contributed by atoms with Gasteiger partial charge in [-0.15, -0.1) is 0 Å². The molecule has 0 aliphatic carbocycles. The summed E-state index contributed by atoms with van der Waals surface area (Å²) >= 11 is 0. The first-order valence-corrected chi connectivity index (χ1v) is 5.66. The minimum atomic E-state index is 0.664. The van der Waals surface area contributed by atoms with E-state index >= 15 is 0 Å². The number of hydrogen-bond donors (Lipinski definition) is 1. The van der Waals surface area contributed by atoms with Crippen molar-refractivity contribution >= 4 is 5.69 Å². The summed E-state index contributed by atoms with van der Waals surface area (Å²) in [6.07, 6.45) is 1.68. The Morgan fingerprint density at radius 3 is 2.82 bits per heavy atom. The first-order chi connectivity index (χ1) is 8.20. The van der Waals surface area contributed by atoms with E-state index in [4.69, 9.17) is 10.5 Å². The first kappa shape index (κ1) is 11.5. The van der Waals surface area contributed by atoms with Gasteiger partial charge in [0.05, 0.1) is 24.2 Å². The van der Waals surface area contributed by atoms with Crippen molar-refractivity contribution in [3.05, 3.63) is 42.1 Å². The van der Waals surface area contributed by atoms with E-state index in [0.717, 1.165) is 22.6 Å². The van der Waals surface area contributed by atoms with Gasteiger partial charge in [-0.3, -0.25) is 4.98 Å². The van der Waals surface area contributed by atoms with Crippen LogP contribution in [0.2, 0.25) is 0 Å². The number of anilines is 1. The van der Waals surface area contributed by atoms with Crippen LogP contribution in [0.25, 0.3) is 11.3 Å². The second kappa shape index (κ2) is 4.87. The molecule has 2 N–H and O–H groups in total. The molecule has 0 amide bonds. The average molecular weight is 228 g/mol. The van der Waals surface area contributed by atoms with Crippen molar-refractivity contribution in [3.8, 4) is 17.0 Å². The number of aryl methyl sites for hydroxylation is 1. The van der Waals surface area contributed by atoms with E-state index in [2.05, 4.69) is 4.98 Å². The molecule has 0 aliphatic heterocycles. The predicted molar refractivity (Wildman–Crippen MR) is 70.0 cm³/mol. The Morgan fingerprint density at radius 2 is 2.12 bits per heavy atom. The summed E-state index contributed by atoms with van der Waals surface area (Å²) in [6.45, 7) is 4.64. The monoisotopic (exact) mass is 228 g/mol. The minimum absolute atomic E-state index is 0.664. The molecule has 0 spiro atoms. The van der Waals surface area contributed by atoms with E-state index in [1.54, 1.807) is 6.20 Å². The molecule has 0 fully saturated rings. The Balaban J connectivity index is 2.42. The lowest BCUT2D eigenvalue weighted by molar-refractivity contribution is 0.340. The first-order valence-electron chi connectivity index (χ1n) is 5.66. The van der Waals surface area contributed by atoms with Gasteiger partial charge in [-0.25, -0.2) is 0 Å². The van der Waals surface area contributed by atoms with Gasteiger partial charge in [0.2, 0.25) is 0 Å². The molecule has 1 aromatic carbocycles. The molecule has 1 heterocycles. The molecule has 2 rings (SSSR count). The van der Waals surface area contributed by atoms with Crippen molar-refractivity contribution in [1.82, 2.24) is 4.98 Å². The van der Waals surface area contributed by atoms with Gasteiger partial charge in [-0.05, 0) is 37.6 Å². The van der Waals surface area contributed by atoms with Crippen molar-refractivity contribution in [3.63, 3.8) is 0 Å². The third-order valence-electron chi connectivity index (χ3n) is 2.52. The highest BCUT2D eigenvalue weighted by Gasteiger charge is 2.05. The predicted octanol–water partition coefficient (Wildman–Crippen LogP) is 3.04. The Kier molecular flexibility index (Phi) is 3.28. The summed E-state index contributed by atoms with van der Waals surface area (Å²) < 4.78 is 5.48. The second-order valence-electron chi connectivity index (χ2n) is 3.90. The van der Waals surface area contributed by atoms with Crippen molar-refractivity contribution in [1.29, 1.82) is 0 Å². The van der Waals surface area contributed by atoms with Crippen LogP contribution in [0.3, 0.4) is 0 Å². The van der Waals surface area contributed by atoms with E-state index in [1.165, 1.54) is 0 Å². The van der Waals surface area contributed by atoms with Gasteiger partial charge in [-0.1, -0.05) is 12.1 Å². The van der Waals surface area contributed by atoms with Gasteiger partial charge in [0.1, 0.15) is 5.75 Å². The maximum Gasteiger partial charge on any atom is 0.119 e. The molecular formula is C14H16N2O. The van der Waals surface area contributed by atoms with Crippen molar-refractivity contribution in [2.45, 2.75) is 13.8 Å². The molecule has 0 saturated heterocycles. The summed E-state index contributed by atoms with van der Waals surface area (Å²) in [5.41, 5.74) is 9.45. The van der Waals surface area contributed by atoms with Crippen LogP contribution in [-0.4, -0.2) is 11.6 Å². The fourth-order valence-electron chi connectivity index (χ4n) is 1.80. The molecule has 3 nitrogen and oxygen atoms in total. The van der Waals surface area contributed by atoms with Gasteiger partial charge in [-0.2, -0.15) is 0 Å². The zero-order valence-electron chi connectivity index (χ0n) is 10.1. The van der Waals surface area contributed by atoms with Crippen molar-refractivity contribution in [2.24, 2.45) is 0 Å². The van der Waals surface area contributed by atoms with Gasteiger partial charge >= 0.3 is 0 Å². The minimum Gasteiger partial charge on any atom is -0.494 e. The van der Waals surface area contributed by atoms with E-state index in [-0.39, 0.29) is 0 Å². The van der Waals surface area contributed by atoms with Crippen LogP contribution in [0.15, 0.2) is 36.5 Å². The molecule has 0 atom stereocenters. The van der Waals surface area contributed by atoms with Crippen LogP contribution < -0.4 is 10.5 Å². The standard InChI is InChI=1S/C14H16N2O/c1-3-17-13-6-4-5-11(8-13)14-10(2)7-12(15)9-16-14/h4-9H,3,15H2,1-2H3. The number of ether oxygens (including phenoxy) is 1. The maximum atomic E-state index is 5.70. The lowest BCUT2D eigenvalue weighted by Gasteiger charge is -2.08. The van der Waals surface area contributed by atoms with Gasteiger partial charge in [0.25, 0.3) is 0 Å². The largest absolute Gasteiger partial charge is 0.494 e. The SMILES string of the molecule is CCOc1cccc(-c2ncc(N)cc2C)c1. The summed E-state index contributed by atoms with van der Waals surface area (Å²) in [5, 5.41) is 0. The molecule has 0 unspecified atom stereocenters. The van der Waals surface area contributed by atoms with Crippen LogP contribution >= 0.6 is 0 Å². The fraction of sp³-hybridized carbons (Fsp3) is 0.214. The Bertz CT molecular complexity index is 523. The number of nitrogens with zero attached hydrogens (tertiary/aromatic N) is 1. The Labute approximate surface area is 101 Å². The third kappa shape index (κ3) is 2.56. The van der Waals surface area contributed by atoms with E-state index in [0.29, 0.717) is 12.3 Å². The third-order valence-corrected chi connectivity index (χ3v) is 2.52. The summed E-state index contributed by atoms with van der Waals surface area (Å²) in [7, 11) is 0. The highest BCUT2D eigenvalue weighted by Crippen LogP contribution is 2.25. The topological polar surface area (TPSA) is 48.1 Å². The average Bonchev–Trinajstić information content (AvgIpc) is 2.29. The van der Waals surface area contributed by atoms with E-state index in [1.807, 2.05) is 44.2 Å². The molecule has 0 bridgehead atoms. The molecule has 0 radical (unpaired) electrons. The lowest BCUT2D eigenvalue weighted by Crippen LogP contribution is -1.94. The summed E-state index contributed by atoms with van der Waals surface area (Å²) in [6, 6.07) is 9.86. The molecular weight excluding hydrogens is 212 g/mol. The molecule has 0 saturated carbocycles. The van der Waals surface area contributed by atoms with Crippen LogP contribution in [0.4, 0.5) is 5.69 Å². The van der Waals surface area contributed by atoms with Gasteiger partial charge < -0.3 is 10.5 Å². The maximum absolute atomic E-state index is 5.70. The normalized spacial score (nSPS) is 10.2. The number of nitrogen functional groups attached to an aromatic ring is 1. The number of benzene rings is 1. The zero-order valence-corrected chi connectivity index (χ0v) is 10.1. The Morgan fingerprint density at radius 1 is 1.29 bits per heavy atom. The van der Waals surface area contributed by atoms with Gasteiger partial charge in [0, 0.05) is 5.56 Å². The smallest absolute Gasteiger partial charge is 0.119 e. The van der Waals surface area contributed by atoms with E-state index < -0.39 is 0 Å². The Hall–Kier alpha value is -2.03. The van der Waals surface area contributed by atoms with Crippen LogP contribution in [0.1, 0.15) is 12.5 Å². The lowest BCUT2D eigenvalue weighted by atomic mass is 10.1. The summed E-state index contributed by atoms with van der Waals surface area (Å²) in [5.74, 6) is 0.864. The quantitative estimate of drug-likeness (QED) is 0.878. The zero-order chi connectivity index (χ0) is 12.3. The highest BCUT2D eigenvalue weighted by atomic mass is 16.5. The molecule has 17 heavy (non-hydrogen) atoms. The molecule has 3 heteroatoms.